The van der Waals surface area contributed by atoms with Crippen molar-refractivity contribution < 1.29 is 27.9 Å². The van der Waals surface area contributed by atoms with Crippen molar-refractivity contribution in [3.8, 4) is 0 Å². The maximum Gasteiger partial charge on any atom is 0.183 e. The molecule has 1 aromatic rings. The lowest BCUT2D eigenvalue weighted by atomic mass is 10.5. The number of aromatic nitrogens is 1. The molecule has 1 rings (SSSR count). The van der Waals surface area contributed by atoms with Gasteiger partial charge in [0.05, 0.1) is 0 Å². The molecular formula is C6H8INS. The monoisotopic (exact) mass is 253 g/mol. The molecule has 0 aliphatic heterocycles. The Morgan fingerprint density at radius 2 is 1.67 bits per heavy atom. The lowest BCUT2D eigenvalue weighted by Gasteiger charge is -1.81. The van der Waals surface area contributed by atoms with Gasteiger partial charge in [-0.2, -0.15) is 0 Å². The molecule has 0 saturated heterocycles. The van der Waals surface area contributed by atoms with E-state index in [0.717, 1.165) is 0 Å². The number of rotatable bonds is 1. The van der Waals surface area contributed by atoms with Gasteiger partial charge in [0, 0.05) is 18.4 Å². The van der Waals surface area contributed by atoms with Gasteiger partial charge < -0.3 is 24.0 Å². The van der Waals surface area contributed by atoms with Crippen LogP contribution >= 0.6 is 11.9 Å². The minimum atomic E-state index is 0. The highest BCUT2D eigenvalue weighted by Gasteiger charge is 1.89. The molecule has 0 aliphatic rings. The van der Waals surface area contributed by atoms with Crippen LogP contribution in [-0.2, 0) is 0 Å². The first-order chi connectivity index (χ1) is 3.93. The maximum atomic E-state index is 2.04. The molecule has 0 saturated carbocycles. The van der Waals surface area contributed by atoms with E-state index in [4.69, 9.17) is 0 Å². The number of pyridine rings is 1. The van der Waals surface area contributed by atoms with Gasteiger partial charge >= 0.3 is 0 Å². The van der Waals surface area contributed by atoms with Crippen LogP contribution in [-0.4, -0.2) is 6.26 Å². The highest BCUT2D eigenvalue weighted by molar-refractivity contribution is 7.92. The summed E-state index contributed by atoms with van der Waals surface area (Å²) in [6.07, 6.45) is 6.08. The molecule has 0 spiro atoms. The molecule has 9 heavy (non-hydrogen) atoms. The molecule has 0 amide bonds. The molecule has 0 N–H and O–H groups in total. The first-order valence-electron chi connectivity index (χ1n) is 2.44. The molecule has 0 bridgehead atoms. The molecule has 0 radical (unpaired) electrons. The summed E-state index contributed by atoms with van der Waals surface area (Å²) in [4.78, 5) is 0. The standard InChI is InChI=1S/C6H8NS.HI/c1-8-7-5-3-2-4-6-7;/h2-6H,1H3;1H/q+1;/p-1. The van der Waals surface area contributed by atoms with Crippen molar-refractivity contribution in [1.82, 2.24) is 0 Å². The smallest absolute Gasteiger partial charge is 0.183 e. The Morgan fingerprint density at radius 1 is 1.11 bits per heavy atom. The Bertz CT molecular complexity index is 154. The topological polar surface area (TPSA) is 3.88 Å². The van der Waals surface area contributed by atoms with Crippen molar-refractivity contribution in [2.45, 2.75) is 0 Å². The molecule has 3 heteroatoms. The highest BCUT2D eigenvalue weighted by atomic mass is 127. The van der Waals surface area contributed by atoms with Crippen LogP contribution in [0.4, 0.5) is 0 Å². The maximum absolute atomic E-state index is 2.04. The fourth-order valence-electron chi connectivity index (χ4n) is 0.505. The van der Waals surface area contributed by atoms with Crippen LogP contribution in [0.25, 0.3) is 0 Å². The summed E-state index contributed by atoms with van der Waals surface area (Å²) in [5.74, 6) is 0. The molecule has 50 valence electrons. The average molecular weight is 253 g/mol. The second kappa shape index (κ2) is 5.05. The fraction of sp³-hybridized carbons (Fsp3) is 0.167. The summed E-state index contributed by atoms with van der Waals surface area (Å²) >= 11 is 1.69. The van der Waals surface area contributed by atoms with E-state index in [1.54, 1.807) is 11.9 Å². The average Bonchev–Trinajstić information content (AvgIpc) is 1.90. The molecule has 0 unspecified atom stereocenters. The molecule has 1 nitrogen and oxygen atoms in total. The predicted molar refractivity (Wildman–Crippen MR) is 35.6 cm³/mol. The summed E-state index contributed by atoms with van der Waals surface area (Å²) in [6, 6.07) is 6.03. The molecule has 0 atom stereocenters. The summed E-state index contributed by atoms with van der Waals surface area (Å²) < 4.78 is 2.04. The van der Waals surface area contributed by atoms with E-state index in [-0.39, 0.29) is 24.0 Å². The van der Waals surface area contributed by atoms with Gasteiger partial charge in [0.1, 0.15) is 0 Å². The zero-order valence-corrected chi connectivity index (χ0v) is 8.09. The van der Waals surface area contributed by atoms with E-state index in [1.807, 2.05) is 40.8 Å². The van der Waals surface area contributed by atoms with Crippen molar-refractivity contribution in [3.63, 3.8) is 0 Å². The van der Waals surface area contributed by atoms with Gasteiger partial charge in [-0.3, -0.25) is 0 Å². The van der Waals surface area contributed by atoms with E-state index in [1.165, 1.54) is 0 Å². The SMILES string of the molecule is CS[n+]1ccccc1.[I-]. The molecule has 1 aromatic heterocycles. The summed E-state index contributed by atoms with van der Waals surface area (Å²) in [5.41, 5.74) is 0. The Hall–Kier alpha value is 0.230. The number of nitrogens with zero attached hydrogens (tertiary/aromatic N) is 1. The Kier molecular flexibility index (Phi) is 5.18. The third-order valence-corrected chi connectivity index (χ3v) is 1.56. The van der Waals surface area contributed by atoms with Crippen molar-refractivity contribution in [3.05, 3.63) is 30.6 Å². The van der Waals surface area contributed by atoms with Gasteiger partial charge in [-0.05, 0) is 0 Å². The summed E-state index contributed by atoms with van der Waals surface area (Å²) in [6.45, 7) is 0. The Labute approximate surface area is 76.6 Å². The minimum Gasteiger partial charge on any atom is -1.00 e. The van der Waals surface area contributed by atoms with Gasteiger partial charge in [0.2, 0.25) is 0 Å². The molecular weight excluding hydrogens is 245 g/mol. The van der Waals surface area contributed by atoms with Gasteiger partial charge in [-0.15, -0.1) is 3.97 Å². The van der Waals surface area contributed by atoms with Crippen LogP contribution in [0.3, 0.4) is 0 Å². The molecule has 0 aromatic carbocycles. The van der Waals surface area contributed by atoms with Crippen LogP contribution < -0.4 is 27.9 Å². The lowest BCUT2D eigenvalue weighted by Crippen LogP contribution is -3.00. The van der Waals surface area contributed by atoms with Crippen molar-refractivity contribution in [2.75, 3.05) is 6.26 Å². The van der Waals surface area contributed by atoms with Crippen molar-refractivity contribution in [2.24, 2.45) is 0 Å². The Balaban J connectivity index is 0.000000640. The predicted octanol–water partition coefficient (Wildman–Crippen LogP) is -1.90. The lowest BCUT2D eigenvalue weighted by molar-refractivity contribution is -0.493. The van der Waals surface area contributed by atoms with Gasteiger partial charge in [-0.25, -0.2) is 0 Å². The molecule has 1 heterocycles. The van der Waals surface area contributed by atoms with E-state index in [9.17, 15) is 0 Å². The van der Waals surface area contributed by atoms with Crippen LogP contribution in [0.15, 0.2) is 30.6 Å². The van der Waals surface area contributed by atoms with E-state index >= 15 is 0 Å². The molecule has 0 aliphatic carbocycles. The van der Waals surface area contributed by atoms with Crippen LogP contribution in [0.1, 0.15) is 0 Å². The quantitative estimate of drug-likeness (QED) is 0.418. The van der Waals surface area contributed by atoms with Crippen molar-refractivity contribution >= 4 is 11.9 Å². The number of hydrogen-bond donors (Lipinski definition) is 0. The third kappa shape index (κ3) is 3.05. The van der Waals surface area contributed by atoms with Crippen LogP contribution in [0.2, 0.25) is 0 Å². The van der Waals surface area contributed by atoms with Gasteiger partial charge in [0.15, 0.2) is 24.3 Å². The minimum absolute atomic E-state index is 0. The zero-order valence-electron chi connectivity index (χ0n) is 5.12. The van der Waals surface area contributed by atoms with Gasteiger partial charge in [0.25, 0.3) is 0 Å². The van der Waals surface area contributed by atoms with Crippen LogP contribution in [0, 0.1) is 0 Å². The van der Waals surface area contributed by atoms with Crippen LogP contribution in [0.5, 0.6) is 0 Å². The van der Waals surface area contributed by atoms with E-state index < -0.39 is 0 Å². The second-order valence-electron chi connectivity index (χ2n) is 1.42. The fourth-order valence-corrected chi connectivity index (χ4v) is 0.889. The largest absolute Gasteiger partial charge is 1.00 e. The highest BCUT2D eigenvalue weighted by Crippen LogP contribution is 1.83. The first-order valence-corrected chi connectivity index (χ1v) is 3.62. The first kappa shape index (κ1) is 9.23. The molecule has 0 fully saturated rings. The normalized spacial score (nSPS) is 8.11. The number of halogens is 1. The van der Waals surface area contributed by atoms with Gasteiger partial charge in [-0.1, -0.05) is 6.07 Å². The third-order valence-electron chi connectivity index (χ3n) is 0.899. The number of hydrogen-bond acceptors (Lipinski definition) is 1. The zero-order chi connectivity index (χ0) is 5.82. The second-order valence-corrected chi connectivity index (χ2v) is 2.20. The summed E-state index contributed by atoms with van der Waals surface area (Å²) in [7, 11) is 0. The van der Waals surface area contributed by atoms with E-state index in [2.05, 4.69) is 0 Å². The Morgan fingerprint density at radius 3 is 2.00 bits per heavy atom. The van der Waals surface area contributed by atoms with Crippen molar-refractivity contribution in [1.29, 1.82) is 0 Å². The summed E-state index contributed by atoms with van der Waals surface area (Å²) in [5, 5.41) is 0. The van der Waals surface area contributed by atoms with E-state index in [0.29, 0.717) is 0 Å².